The van der Waals surface area contributed by atoms with Crippen LogP contribution in [0.3, 0.4) is 0 Å². The number of carboxylic acids is 1. The highest BCUT2D eigenvalue weighted by atomic mass is 32.2. The molecule has 1 aliphatic rings. The number of benzene rings is 1. The number of halogens is 1. The van der Waals surface area contributed by atoms with Gasteiger partial charge in [0.15, 0.2) is 0 Å². The molecule has 0 bridgehead atoms. The molecule has 7 nitrogen and oxygen atoms in total. The Morgan fingerprint density at radius 1 is 1.35 bits per heavy atom. The van der Waals surface area contributed by atoms with E-state index in [0.29, 0.717) is 0 Å². The fourth-order valence-electron chi connectivity index (χ4n) is 2.47. The van der Waals surface area contributed by atoms with Crippen molar-refractivity contribution in [2.45, 2.75) is 37.8 Å². The Labute approximate surface area is 154 Å². The summed E-state index contributed by atoms with van der Waals surface area (Å²) in [7, 11) is 0. The zero-order valence-corrected chi connectivity index (χ0v) is 15.5. The molecule has 0 radical (unpaired) electrons. The lowest BCUT2D eigenvalue weighted by Gasteiger charge is -2.28. The molecule has 0 unspecified atom stereocenters. The van der Waals surface area contributed by atoms with E-state index in [2.05, 4.69) is 5.32 Å². The van der Waals surface area contributed by atoms with Gasteiger partial charge in [0.25, 0.3) is 0 Å². The van der Waals surface area contributed by atoms with Crippen molar-refractivity contribution in [2.75, 3.05) is 12.3 Å². The highest BCUT2D eigenvalue weighted by Gasteiger charge is 2.43. The van der Waals surface area contributed by atoms with E-state index in [-0.39, 0.29) is 11.3 Å². The summed E-state index contributed by atoms with van der Waals surface area (Å²) in [6.07, 6.45) is -0.785. The molecule has 0 saturated carbocycles. The first kappa shape index (κ1) is 20.0. The maximum absolute atomic E-state index is 14.1. The number of carbonyl (C=O) groups is 3. The number of nitrogens with one attached hydrogen (secondary N) is 1. The van der Waals surface area contributed by atoms with Gasteiger partial charge in [0, 0.05) is 11.3 Å². The summed E-state index contributed by atoms with van der Waals surface area (Å²) < 4.78 is 19.2. The maximum atomic E-state index is 14.1. The average Bonchev–Trinajstić information content (AvgIpc) is 2.96. The van der Waals surface area contributed by atoms with Crippen LogP contribution in [0.25, 0.3) is 0 Å². The number of hydrogen-bond acceptors (Lipinski definition) is 5. The Morgan fingerprint density at radius 3 is 2.58 bits per heavy atom. The standard InChI is InChI=1S/C17H21FN2O5S/c1-17(2,3)25-16(24)19-8-13(21)20-12(15(22)23)9-26-14(20)10-6-4-5-7-11(10)18/h4-7,12,14H,8-9H2,1-3H3,(H,19,24)(H,22,23)/t12-,14+/m0/s1. The van der Waals surface area contributed by atoms with Crippen molar-refractivity contribution in [3.05, 3.63) is 35.6 Å². The Morgan fingerprint density at radius 2 is 2.00 bits per heavy atom. The summed E-state index contributed by atoms with van der Waals surface area (Å²) in [5.74, 6) is -2.19. The van der Waals surface area contributed by atoms with Crippen LogP contribution in [0, 0.1) is 5.82 Å². The van der Waals surface area contributed by atoms with Crippen molar-refractivity contribution in [3.8, 4) is 0 Å². The minimum Gasteiger partial charge on any atom is -0.480 e. The van der Waals surface area contributed by atoms with E-state index < -0.39 is 47.3 Å². The topological polar surface area (TPSA) is 95.9 Å². The van der Waals surface area contributed by atoms with Crippen molar-refractivity contribution >= 4 is 29.7 Å². The van der Waals surface area contributed by atoms with Crippen LogP contribution in [0.15, 0.2) is 24.3 Å². The molecule has 1 aliphatic heterocycles. The van der Waals surface area contributed by atoms with Crippen LogP contribution in [-0.2, 0) is 14.3 Å². The minimum atomic E-state index is -1.18. The molecule has 2 rings (SSSR count). The van der Waals surface area contributed by atoms with Gasteiger partial charge in [0.1, 0.15) is 29.4 Å². The molecule has 26 heavy (non-hydrogen) atoms. The summed E-state index contributed by atoms with van der Waals surface area (Å²) in [6.45, 7) is 4.60. The molecule has 142 valence electrons. The zero-order valence-electron chi connectivity index (χ0n) is 14.7. The molecule has 9 heteroatoms. The molecule has 2 atom stereocenters. The number of nitrogens with zero attached hydrogens (tertiary/aromatic N) is 1. The fraction of sp³-hybridized carbons (Fsp3) is 0.471. The molecular formula is C17H21FN2O5S. The number of carbonyl (C=O) groups excluding carboxylic acids is 2. The smallest absolute Gasteiger partial charge is 0.408 e. The first-order valence-electron chi connectivity index (χ1n) is 7.97. The highest BCUT2D eigenvalue weighted by Crippen LogP contribution is 2.42. The summed E-state index contributed by atoms with van der Waals surface area (Å²) in [5.41, 5.74) is -0.498. The number of alkyl carbamates (subject to hydrolysis) is 1. The van der Waals surface area contributed by atoms with Gasteiger partial charge in [-0.15, -0.1) is 11.8 Å². The molecule has 1 aromatic rings. The number of ether oxygens (including phenoxy) is 1. The molecular weight excluding hydrogens is 363 g/mol. The Bertz CT molecular complexity index is 707. The van der Waals surface area contributed by atoms with Crippen molar-refractivity contribution in [1.82, 2.24) is 10.2 Å². The fourth-order valence-corrected chi connectivity index (χ4v) is 3.93. The Balaban J connectivity index is 2.15. The minimum absolute atomic E-state index is 0.131. The summed E-state index contributed by atoms with van der Waals surface area (Å²) in [5, 5.41) is 10.9. The highest BCUT2D eigenvalue weighted by molar-refractivity contribution is 7.99. The molecule has 0 aliphatic carbocycles. The second kappa shape index (κ2) is 7.94. The van der Waals surface area contributed by atoms with Crippen LogP contribution in [0.4, 0.5) is 9.18 Å². The molecule has 2 amide bonds. The maximum Gasteiger partial charge on any atom is 0.408 e. The molecule has 1 heterocycles. The quantitative estimate of drug-likeness (QED) is 0.827. The van der Waals surface area contributed by atoms with Gasteiger partial charge in [-0.05, 0) is 26.8 Å². The molecule has 1 aromatic carbocycles. The van der Waals surface area contributed by atoms with Gasteiger partial charge in [0.2, 0.25) is 5.91 Å². The largest absolute Gasteiger partial charge is 0.480 e. The summed E-state index contributed by atoms with van der Waals surface area (Å²) in [4.78, 5) is 36.9. The van der Waals surface area contributed by atoms with E-state index in [1.807, 2.05) is 0 Å². The molecule has 0 spiro atoms. The predicted octanol–water partition coefficient (Wildman–Crippen LogP) is 2.38. The number of rotatable bonds is 4. The second-order valence-corrected chi connectivity index (χ2v) is 7.83. The second-order valence-electron chi connectivity index (χ2n) is 6.72. The van der Waals surface area contributed by atoms with Crippen LogP contribution in [-0.4, -0.2) is 51.9 Å². The van der Waals surface area contributed by atoms with Crippen molar-refractivity contribution < 1.29 is 28.6 Å². The van der Waals surface area contributed by atoms with Crippen LogP contribution in [0.1, 0.15) is 31.7 Å². The van der Waals surface area contributed by atoms with Crippen LogP contribution in [0.2, 0.25) is 0 Å². The lowest BCUT2D eigenvalue weighted by atomic mass is 10.1. The monoisotopic (exact) mass is 384 g/mol. The lowest BCUT2D eigenvalue weighted by molar-refractivity contribution is -0.148. The number of thioether (sulfide) groups is 1. The van der Waals surface area contributed by atoms with E-state index in [4.69, 9.17) is 4.74 Å². The molecule has 2 N–H and O–H groups in total. The third kappa shape index (κ3) is 4.87. The van der Waals surface area contributed by atoms with Crippen molar-refractivity contribution in [1.29, 1.82) is 0 Å². The van der Waals surface area contributed by atoms with E-state index in [1.165, 1.54) is 30.0 Å². The van der Waals surface area contributed by atoms with Crippen LogP contribution in [0.5, 0.6) is 0 Å². The molecule has 1 fully saturated rings. The van der Waals surface area contributed by atoms with Gasteiger partial charge >= 0.3 is 12.1 Å². The number of carboxylic acid groups (broad SMARTS) is 1. The summed E-state index contributed by atoms with van der Waals surface area (Å²) >= 11 is 1.17. The number of amides is 2. The van der Waals surface area contributed by atoms with Crippen LogP contribution < -0.4 is 5.32 Å². The molecule has 0 aromatic heterocycles. The normalized spacial score (nSPS) is 19.9. The van der Waals surface area contributed by atoms with E-state index in [0.717, 1.165) is 4.90 Å². The van der Waals surface area contributed by atoms with Gasteiger partial charge in [-0.25, -0.2) is 14.0 Å². The predicted molar refractivity (Wildman–Crippen MR) is 94.1 cm³/mol. The van der Waals surface area contributed by atoms with E-state index in [9.17, 15) is 23.9 Å². The number of hydrogen-bond donors (Lipinski definition) is 2. The van der Waals surface area contributed by atoms with Crippen molar-refractivity contribution in [2.24, 2.45) is 0 Å². The SMILES string of the molecule is CC(C)(C)OC(=O)NCC(=O)N1[C@@H](c2ccccc2F)SC[C@H]1C(=O)O. The Hall–Kier alpha value is -2.29. The van der Waals surface area contributed by atoms with Crippen molar-refractivity contribution in [3.63, 3.8) is 0 Å². The zero-order chi connectivity index (χ0) is 19.5. The van der Waals surface area contributed by atoms with Gasteiger partial charge in [-0.3, -0.25) is 4.79 Å². The third-order valence-electron chi connectivity index (χ3n) is 3.53. The molecule has 1 saturated heterocycles. The summed E-state index contributed by atoms with van der Waals surface area (Å²) in [6, 6.07) is 4.81. The van der Waals surface area contributed by atoms with Gasteiger partial charge in [-0.2, -0.15) is 0 Å². The van der Waals surface area contributed by atoms with Crippen LogP contribution >= 0.6 is 11.8 Å². The van der Waals surface area contributed by atoms with E-state index in [1.54, 1.807) is 26.8 Å². The van der Waals surface area contributed by atoms with Gasteiger partial charge < -0.3 is 20.1 Å². The first-order chi connectivity index (χ1) is 12.1. The van der Waals surface area contributed by atoms with E-state index >= 15 is 0 Å². The lowest BCUT2D eigenvalue weighted by Crippen LogP contribution is -2.47. The Kier molecular flexibility index (Phi) is 6.12. The average molecular weight is 384 g/mol. The first-order valence-corrected chi connectivity index (χ1v) is 9.02. The number of aliphatic carboxylic acids is 1. The third-order valence-corrected chi connectivity index (χ3v) is 4.83. The van der Waals surface area contributed by atoms with Gasteiger partial charge in [-0.1, -0.05) is 18.2 Å². The van der Waals surface area contributed by atoms with Gasteiger partial charge in [0.05, 0.1) is 0 Å².